The molecule has 2 aromatic carbocycles. The van der Waals surface area contributed by atoms with Crippen LogP contribution in [0.1, 0.15) is 0 Å². The van der Waals surface area contributed by atoms with Gasteiger partial charge in [0.1, 0.15) is 24.4 Å². The van der Waals surface area contributed by atoms with Crippen LogP contribution >= 0.6 is 12.2 Å². The average molecular weight is 364 g/mol. The Bertz CT molecular complexity index is 768. The highest BCUT2D eigenvalue weighted by molar-refractivity contribution is 7.80. The lowest BCUT2D eigenvalue weighted by Gasteiger charge is -2.29. The lowest BCUT2D eigenvalue weighted by Crippen LogP contribution is -2.53. The van der Waals surface area contributed by atoms with E-state index in [1.165, 1.54) is 4.90 Å². The van der Waals surface area contributed by atoms with Crippen molar-refractivity contribution in [2.24, 2.45) is 0 Å². The fraction of sp³-hybridized carbons (Fsp3) is 0.353. The molecule has 5 atom stereocenters. The Balaban J connectivity index is 1.92. The number of fused-ring (bicyclic) bond motifs is 1. The summed E-state index contributed by atoms with van der Waals surface area (Å²) in [5, 5.41) is 54.1. The molecule has 1 heterocycles. The summed E-state index contributed by atoms with van der Waals surface area (Å²) in [6, 6.07) is 12.2. The molecule has 1 saturated heterocycles. The van der Waals surface area contributed by atoms with Gasteiger partial charge in [-0.2, -0.15) is 0 Å². The maximum atomic E-state index is 10.7. The van der Waals surface area contributed by atoms with E-state index in [1.54, 1.807) is 6.07 Å². The third kappa shape index (κ3) is 3.20. The Morgan fingerprint density at radius 2 is 1.76 bits per heavy atom. The number of anilines is 1. The number of aliphatic hydroxyl groups is 5. The van der Waals surface area contributed by atoms with Crippen LogP contribution in [0.5, 0.6) is 0 Å². The number of nitrogens with zero attached hydrogens (tertiary/aromatic N) is 1. The molecule has 3 rings (SSSR count). The van der Waals surface area contributed by atoms with Crippen molar-refractivity contribution in [1.82, 2.24) is 5.32 Å². The second-order valence-corrected chi connectivity index (χ2v) is 6.37. The third-order valence-corrected chi connectivity index (χ3v) is 4.73. The molecule has 0 unspecified atom stereocenters. The quantitative estimate of drug-likeness (QED) is 0.386. The van der Waals surface area contributed by atoms with Gasteiger partial charge in [-0.25, -0.2) is 0 Å². The molecule has 2 aromatic rings. The van der Waals surface area contributed by atoms with Crippen LogP contribution in [-0.4, -0.2) is 67.8 Å². The standard InChI is InChI=1S/C17H20N2O5S/c20-8-12(21)14(22)15(23)13-16(24)19(17(25)18-13)11-7-3-5-9-4-1-2-6-10(9)11/h1-7,12-16,20-24H,8H2,(H,18,25)/t12-,13-,14+,15-,16-/m1/s1. The average Bonchev–Trinajstić information content (AvgIpc) is 2.93. The van der Waals surface area contributed by atoms with Crippen LogP contribution in [0, 0.1) is 0 Å². The van der Waals surface area contributed by atoms with Gasteiger partial charge in [-0.15, -0.1) is 0 Å². The van der Waals surface area contributed by atoms with Crippen LogP contribution in [-0.2, 0) is 0 Å². The number of aliphatic hydroxyl groups excluding tert-OH is 5. The van der Waals surface area contributed by atoms with Crippen molar-refractivity contribution in [3.8, 4) is 0 Å². The van der Waals surface area contributed by atoms with Crippen molar-refractivity contribution >= 4 is 33.8 Å². The minimum absolute atomic E-state index is 0.193. The molecular formula is C17H20N2O5S. The molecule has 8 heteroatoms. The normalized spacial score (nSPS) is 24.2. The second kappa shape index (κ2) is 7.20. The van der Waals surface area contributed by atoms with Gasteiger partial charge in [0, 0.05) is 5.39 Å². The number of hydrogen-bond donors (Lipinski definition) is 6. The summed E-state index contributed by atoms with van der Waals surface area (Å²) in [7, 11) is 0. The Labute approximate surface area is 149 Å². The van der Waals surface area contributed by atoms with Crippen LogP contribution in [0.3, 0.4) is 0 Å². The molecule has 1 fully saturated rings. The Kier molecular flexibility index (Phi) is 5.19. The van der Waals surface area contributed by atoms with Gasteiger partial charge in [-0.3, -0.25) is 4.90 Å². The largest absolute Gasteiger partial charge is 0.394 e. The first-order valence-electron chi connectivity index (χ1n) is 7.86. The van der Waals surface area contributed by atoms with Crippen LogP contribution in [0.15, 0.2) is 42.5 Å². The monoisotopic (exact) mass is 364 g/mol. The van der Waals surface area contributed by atoms with Crippen LogP contribution < -0.4 is 10.2 Å². The smallest absolute Gasteiger partial charge is 0.176 e. The van der Waals surface area contributed by atoms with E-state index in [0.29, 0.717) is 5.69 Å². The highest BCUT2D eigenvalue weighted by atomic mass is 32.1. The van der Waals surface area contributed by atoms with Crippen molar-refractivity contribution in [1.29, 1.82) is 0 Å². The molecule has 0 aliphatic carbocycles. The van der Waals surface area contributed by atoms with Crippen molar-refractivity contribution < 1.29 is 25.5 Å². The van der Waals surface area contributed by atoms with Crippen molar-refractivity contribution in [2.75, 3.05) is 11.5 Å². The molecule has 0 aromatic heterocycles. The van der Waals surface area contributed by atoms with E-state index in [4.69, 9.17) is 17.3 Å². The zero-order valence-electron chi connectivity index (χ0n) is 13.2. The van der Waals surface area contributed by atoms with Gasteiger partial charge < -0.3 is 30.8 Å². The second-order valence-electron chi connectivity index (χ2n) is 5.99. The topological polar surface area (TPSA) is 116 Å². The van der Waals surface area contributed by atoms with Gasteiger partial charge >= 0.3 is 0 Å². The predicted octanol–water partition coefficient (Wildman–Crippen LogP) is -0.704. The van der Waals surface area contributed by atoms with Gasteiger partial charge in [0.05, 0.1) is 12.3 Å². The third-order valence-electron chi connectivity index (χ3n) is 4.42. The lowest BCUT2D eigenvalue weighted by atomic mass is 10.00. The van der Waals surface area contributed by atoms with Crippen LogP contribution in [0.4, 0.5) is 5.69 Å². The van der Waals surface area contributed by atoms with E-state index in [9.17, 15) is 20.4 Å². The summed E-state index contributed by atoms with van der Waals surface area (Å²) in [5.74, 6) is 0. The van der Waals surface area contributed by atoms with E-state index >= 15 is 0 Å². The number of benzene rings is 2. The first kappa shape index (κ1) is 18.0. The summed E-state index contributed by atoms with van der Waals surface area (Å²) < 4.78 is 0. The lowest BCUT2D eigenvalue weighted by molar-refractivity contribution is -0.0946. The van der Waals surface area contributed by atoms with Crippen LogP contribution in [0.2, 0.25) is 0 Å². The van der Waals surface area contributed by atoms with E-state index < -0.39 is 37.2 Å². The molecule has 0 amide bonds. The summed E-state index contributed by atoms with van der Waals surface area (Å²) >= 11 is 5.29. The van der Waals surface area contributed by atoms with E-state index in [0.717, 1.165) is 10.8 Å². The maximum Gasteiger partial charge on any atom is 0.176 e. The van der Waals surface area contributed by atoms with Gasteiger partial charge in [0.25, 0.3) is 0 Å². The minimum Gasteiger partial charge on any atom is -0.394 e. The van der Waals surface area contributed by atoms with Crippen molar-refractivity contribution in [3.05, 3.63) is 42.5 Å². The summed E-state index contributed by atoms with van der Waals surface area (Å²) in [6.45, 7) is -0.710. The molecule has 0 spiro atoms. The van der Waals surface area contributed by atoms with Gasteiger partial charge in [-0.05, 0) is 23.7 Å². The fourth-order valence-electron chi connectivity index (χ4n) is 3.05. The molecule has 0 radical (unpaired) electrons. The summed E-state index contributed by atoms with van der Waals surface area (Å²) in [4.78, 5) is 1.46. The zero-order valence-corrected chi connectivity index (χ0v) is 14.0. The first-order valence-corrected chi connectivity index (χ1v) is 8.27. The van der Waals surface area contributed by atoms with Gasteiger partial charge in [-0.1, -0.05) is 36.4 Å². The molecule has 0 bridgehead atoms. The van der Waals surface area contributed by atoms with Crippen molar-refractivity contribution in [2.45, 2.75) is 30.6 Å². The molecular weight excluding hydrogens is 344 g/mol. The number of nitrogens with one attached hydrogen (secondary N) is 1. The minimum atomic E-state index is -1.63. The molecule has 1 aliphatic rings. The molecule has 7 nitrogen and oxygen atoms in total. The van der Waals surface area contributed by atoms with Crippen LogP contribution in [0.25, 0.3) is 10.8 Å². The number of thiocarbonyl (C=S) groups is 1. The molecule has 6 N–H and O–H groups in total. The zero-order chi connectivity index (χ0) is 18.1. The molecule has 134 valence electrons. The first-order chi connectivity index (χ1) is 12.0. The van der Waals surface area contributed by atoms with E-state index in [1.807, 2.05) is 36.4 Å². The Hall–Kier alpha value is -1.81. The summed E-state index contributed by atoms with van der Waals surface area (Å²) in [6.07, 6.45) is -5.94. The van der Waals surface area contributed by atoms with E-state index in [2.05, 4.69) is 5.32 Å². The SMILES string of the molecule is OC[C@@H](O)[C@H](O)[C@H](O)[C@H]1NC(=S)N(c2cccc3ccccc23)[C@@H]1O. The van der Waals surface area contributed by atoms with Gasteiger partial charge in [0.15, 0.2) is 11.3 Å². The molecule has 1 aliphatic heterocycles. The Morgan fingerprint density at radius 3 is 2.48 bits per heavy atom. The molecule has 25 heavy (non-hydrogen) atoms. The molecule has 0 saturated carbocycles. The Morgan fingerprint density at radius 1 is 1.08 bits per heavy atom. The highest BCUT2D eigenvalue weighted by Crippen LogP contribution is 2.31. The number of hydrogen-bond acceptors (Lipinski definition) is 6. The fourth-order valence-corrected chi connectivity index (χ4v) is 3.39. The predicted molar refractivity (Wildman–Crippen MR) is 97.1 cm³/mol. The number of rotatable bonds is 5. The van der Waals surface area contributed by atoms with Crippen molar-refractivity contribution in [3.63, 3.8) is 0 Å². The van der Waals surface area contributed by atoms with Gasteiger partial charge in [0.2, 0.25) is 0 Å². The van der Waals surface area contributed by atoms with E-state index in [-0.39, 0.29) is 5.11 Å². The summed E-state index contributed by atoms with van der Waals surface area (Å²) in [5.41, 5.74) is 0.662. The maximum absolute atomic E-state index is 10.7. The highest BCUT2D eigenvalue weighted by Gasteiger charge is 2.44.